The molecular weight excluding hydrogens is 430 g/mol. The number of anilines is 1. The second-order valence-corrected chi connectivity index (χ2v) is 8.74. The number of ether oxygens (including phenoxy) is 1. The van der Waals surface area contributed by atoms with Crippen molar-refractivity contribution >= 4 is 51.5 Å². The highest BCUT2D eigenvalue weighted by molar-refractivity contribution is 8.01. The first-order valence-corrected chi connectivity index (χ1v) is 10.8. The summed E-state index contributed by atoms with van der Waals surface area (Å²) in [5.41, 5.74) is 2.43. The number of thioether (sulfide) groups is 1. The van der Waals surface area contributed by atoms with Gasteiger partial charge in [0, 0.05) is 10.6 Å². The number of carbonyl (C=O) groups is 2. The van der Waals surface area contributed by atoms with Crippen molar-refractivity contribution in [2.45, 2.75) is 18.2 Å². The summed E-state index contributed by atoms with van der Waals surface area (Å²) in [7, 11) is 0. The number of amides is 1. The lowest BCUT2D eigenvalue weighted by Crippen LogP contribution is -2.20. The third kappa shape index (κ3) is 6.03. The fourth-order valence-corrected chi connectivity index (χ4v) is 4.22. The second kappa shape index (κ2) is 9.87. The maximum Gasteiger partial charge on any atom is 0.264 e. The van der Waals surface area contributed by atoms with Crippen LogP contribution in [0.2, 0.25) is 5.02 Å². The van der Waals surface area contributed by atoms with Crippen LogP contribution in [0.3, 0.4) is 0 Å². The van der Waals surface area contributed by atoms with Gasteiger partial charge in [-0.2, -0.15) is 0 Å². The molecule has 1 heterocycles. The van der Waals surface area contributed by atoms with E-state index in [1.807, 2.05) is 32.0 Å². The summed E-state index contributed by atoms with van der Waals surface area (Å²) >= 11 is 8.63. The molecule has 6 nitrogen and oxygen atoms in total. The number of ketones is 1. The van der Waals surface area contributed by atoms with Gasteiger partial charge in [0.15, 0.2) is 16.7 Å². The molecule has 0 aliphatic heterocycles. The van der Waals surface area contributed by atoms with E-state index in [-0.39, 0.29) is 24.1 Å². The number of aromatic nitrogens is 2. The van der Waals surface area contributed by atoms with Crippen LogP contribution < -0.4 is 10.1 Å². The Morgan fingerprint density at radius 2 is 1.83 bits per heavy atom. The number of hydrogen-bond acceptors (Lipinski definition) is 7. The normalized spacial score (nSPS) is 10.6. The van der Waals surface area contributed by atoms with Crippen molar-refractivity contribution in [1.29, 1.82) is 0 Å². The fraction of sp³-hybridized carbons (Fsp3) is 0.200. The Hall–Kier alpha value is -2.42. The molecule has 0 unspecified atom stereocenters. The zero-order chi connectivity index (χ0) is 20.8. The van der Waals surface area contributed by atoms with Crippen LogP contribution in [0, 0.1) is 13.8 Å². The number of rotatable bonds is 8. The number of hydrogen-bond donors (Lipinski definition) is 1. The minimum absolute atomic E-state index is 0.0123. The molecule has 9 heteroatoms. The number of nitrogens with one attached hydrogen (secondary N) is 1. The molecule has 0 spiro atoms. The monoisotopic (exact) mass is 447 g/mol. The highest BCUT2D eigenvalue weighted by Crippen LogP contribution is 2.27. The largest absolute Gasteiger partial charge is 0.484 e. The predicted molar refractivity (Wildman–Crippen MR) is 116 cm³/mol. The number of benzene rings is 2. The Balaban J connectivity index is 1.48. The maximum absolute atomic E-state index is 12.1. The Morgan fingerprint density at radius 1 is 1.14 bits per heavy atom. The van der Waals surface area contributed by atoms with Gasteiger partial charge in [-0.05, 0) is 37.1 Å². The minimum Gasteiger partial charge on any atom is -0.484 e. The van der Waals surface area contributed by atoms with E-state index in [0.29, 0.717) is 25.8 Å². The molecule has 1 N–H and O–H groups in total. The lowest BCUT2D eigenvalue weighted by molar-refractivity contribution is -0.118. The van der Waals surface area contributed by atoms with Crippen molar-refractivity contribution < 1.29 is 14.3 Å². The van der Waals surface area contributed by atoms with E-state index < -0.39 is 0 Å². The molecule has 3 aromatic rings. The van der Waals surface area contributed by atoms with Gasteiger partial charge in [-0.1, -0.05) is 65.0 Å². The Kier molecular flexibility index (Phi) is 7.24. The summed E-state index contributed by atoms with van der Waals surface area (Å²) in [5, 5.41) is 11.6. The number of halogens is 1. The van der Waals surface area contributed by atoms with E-state index >= 15 is 0 Å². The zero-order valence-electron chi connectivity index (χ0n) is 15.8. The van der Waals surface area contributed by atoms with E-state index in [4.69, 9.17) is 16.3 Å². The van der Waals surface area contributed by atoms with Gasteiger partial charge < -0.3 is 4.74 Å². The van der Waals surface area contributed by atoms with Gasteiger partial charge in [-0.25, -0.2) is 0 Å². The Morgan fingerprint density at radius 3 is 2.52 bits per heavy atom. The molecular formula is C20H18ClN3O3S2. The number of aryl methyl sites for hydroxylation is 2. The van der Waals surface area contributed by atoms with E-state index in [1.54, 1.807) is 24.3 Å². The molecule has 0 radical (unpaired) electrons. The standard InChI is InChI=1S/C20H18ClN3O3S2/c1-12-8-15(9-13(2)18(12)21)27-10-17(26)22-19-23-24-20(29-19)28-11-16(25)14-6-4-3-5-7-14/h3-9H,10-11H2,1-2H3,(H,22,23,26). The van der Waals surface area contributed by atoms with Crippen LogP contribution in [-0.2, 0) is 4.79 Å². The molecule has 1 amide bonds. The first-order valence-electron chi connectivity index (χ1n) is 8.66. The molecule has 0 atom stereocenters. The lowest BCUT2D eigenvalue weighted by atomic mass is 10.1. The third-order valence-electron chi connectivity index (χ3n) is 3.86. The van der Waals surface area contributed by atoms with E-state index in [1.165, 1.54) is 23.1 Å². The van der Waals surface area contributed by atoms with Crippen molar-refractivity contribution in [3.63, 3.8) is 0 Å². The molecule has 0 saturated carbocycles. The van der Waals surface area contributed by atoms with Crippen LogP contribution in [0.15, 0.2) is 46.8 Å². The summed E-state index contributed by atoms with van der Waals surface area (Å²) in [5.74, 6) is 0.500. The zero-order valence-corrected chi connectivity index (χ0v) is 18.2. The van der Waals surface area contributed by atoms with Crippen molar-refractivity contribution in [3.05, 3.63) is 64.2 Å². The molecule has 3 rings (SSSR count). The van der Waals surface area contributed by atoms with Crippen molar-refractivity contribution in [1.82, 2.24) is 10.2 Å². The van der Waals surface area contributed by atoms with Gasteiger partial charge in [0.05, 0.1) is 5.75 Å². The number of carbonyl (C=O) groups excluding carboxylic acids is 2. The van der Waals surface area contributed by atoms with Crippen molar-refractivity contribution in [2.24, 2.45) is 0 Å². The average molecular weight is 448 g/mol. The fourth-order valence-electron chi connectivity index (χ4n) is 2.45. The summed E-state index contributed by atoms with van der Waals surface area (Å²) in [6, 6.07) is 12.6. The van der Waals surface area contributed by atoms with Gasteiger partial charge >= 0.3 is 0 Å². The Bertz CT molecular complexity index is 1000. The van der Waals surface area contributed by atoms with Crippen LogP contribution in [0.4, 0.5) is 5.13 Å². The third-order valence-corrected chi connectivity index (χ3v) is 6.42. The topological polar surface area (TPSA) is 81.2 Å². The van der Waals surface area contributed by atoms with Crippen LogP contribution in [0.1, 0.15) is 21.5 Å². The van der Waals surface area contributed by atoms with Gasteiger partial charge in [-0.15, -0.1) is 10.2 Å². The molecule has 2 aromatic carbocycles. The van der Waals surface area contributed by atoms with E-state index in [0.717, 1.165) is 11.1 Å². The summed E-state index contributed by atoms with van der Waals surface area (Å²) in [6.45, 7) is 3.60. The molecule has 1 aromatic heterocycles. The van der Waals surface area contributed by atoms with Gasteiger partial charge in [-0.3, -0.25) is 14.9 Å². The first kappa shape index (κ1) is 21.3. The SMILES string of the molecule is Cc1cc(OCC(=O)Nc2nnc(SCC(=O)c3ccccc3)s2)cc(C)c1Cl. The molecule has 0 fully saturated rings. The molecule has 150 valence electrons. The van der Waals surface area contributed by atoms with Gasteiger partial charge in [0.25, 0.3) is 5.91 Å². The lowest BCUT2D eigenvalue weighted by Gasteiger charge is -2.09. The van der Waals surface area contributed by atoms with Crippen molar-refractivity contribution in [2.75, 3.05) is 17.7 Å². The maximum atomic E-state index is 12.1. The predicted octanol–water partition coefficient (Wildman–Crippen LogP) is 4.80. The van der Waals surface area contributed by atoms with E-state index in [2.05, 4.69) is 15.5 Å². The second-order valence-electron chi connectivity index (χ2n) is 6.16. The molecule has 29 heavy (non-hydrogen) atoms. The average Bonchev–Trinajstić information content (AvgIpc) is 3.16. The molecule has 0 bridgehead atoms. The van der Waals surface area contributed by atoms with Crippen molar-refractivity contribution in [3.8, 4) is 5.75 Å². The molecule has 0 aliphatic rings. The summed E-state index contributed by atoms with van der Waals surface area (Å²) in [4.78, 5) is 24.2. The highest BCUT2D eigenvalue weighted by Gasteiger charge is 2.12. The number of Topliss-reactive ketones (excluding diaryl/α,β-unsaturated/α-hetero) is 1. The first-order chi connectivity index (χ1) is 13.9. The van der Waals surface area contributed by atoms with Crippen LogP contribution >= 0.6 is 34.7 Å². The number of nitrogens with zero attached hydrogens (tertiary/aromatic N) is 2. The molecule has 0 aliphatic carbocycles. The van der Waals surface area contributed by atoms with Gasteiger partial charge in [0.1, 0.15) is 5.75 Å². The van der Waals surface area contributed by atoms with Gasteiger partial charge in [0.2, 0.25) is 5.13 Å². The highest BCUT2D eigenvalue weighted by atomic mass is 35.5. The quantitative estimate of drug-likeness (QED) is 0.303. The minimum atomic E-state index is -0.344. The van der Waals surface area contributed by atoms with Crippen LogP contribution in [-0.4, -0.2) is 34.2 Å². The van der Waals surface area contributed by atoms with E-state index in [9.17, 15) is 9.59 Å². The van der Waals surface area contributed by atoms with Crippen LogP contribution in [0.25, 0.3) is 0 Å². The molecule has 0 saturated heterocycles. The smallest absolute Gasteiger partial charge is 0.264 e. The van der Waals surface area contributed by atoms with Crippen LogP contribution in [0.5, 0.6) is 5.75 Å². The summed E-state index contributed by atoms with van der Waals surface area (Å²) in [6.07, 6.45) is 0. The summed E-state index contributed by atoms with van der Waals surface area (Å²) < 4.78 is 6.13. The Labute approximate surface area is 181 Å².